The first-order valence-corrected chi connectivity index (χ1v) is 9.11. The van der Waals surface area contributed by atoms with Crippen LogP contribution in [-0.2, 0) is 12.8 Å². The van der Waals surface area contributed by atoms with E-state index >= 15 is 0 Å². The Labute approximate surface area is 148 Å². The van der Waals surface area contributed by atoms with Gasteiger partial charge in [-0.25, -0.2) is 9.97 Å². The molecule has 0 radical (unpaired) electrons. The van der Waals surface area contributed by atoms with Crippen molar-refractivity contribution in [3.05, 3.63) is 35.8 Å². The number of pyridine rings is 1. The van der Waals surface area contributed by atoms with Gasteiger partial charge >= 0.3 is 0 Å². The van der Waals surface area contributed by atoms with Crippen molar-refractivity contribution in [3.8, 4) is 11.4 Å². The van der Waals surface area contributed by atoms with E-state index in [0.29, 0.717) is 6.54 Å². The third-order valence-corrected chi connectivity index (χ3v) is 5.06. The molecule has 25 heavy (non-hydrogen) atoms. The average molecular weight is 339 g/mol. The number of piperidine rings is 1. The molecule has 0 saturated carbocycles. The molecule has 0 spiro atoms. The van der Waals surface area contributed by atoms with Crippen LogP contribution in [-0.4, -0.2) is 51.8 Å². The molecule has 1 unspecified atom stereocenters. The normalized spacial score (nSPS) is 23.8. The molecule has 2 aliphatic rings. The third-order valence-electron chi connectivity index (χ3n) is 5.06. The molecule has 1 saturated heterocycles. The smallest absolute Gasteiger partial charge is 0.163 e. The van der Waals surface area contributed by atoms with E-state index in [-0.39, 0.29) is 0 Å². The van der Waals surface area contributed by atoms with Crippen LogP contribution in [0.1, 0.15) is 31.0 Å². The topological polar surface area (TPSA) is 74.2 Å². The molecule has 0 aromatic carbocycles. The van der Waals surface area contributed by atoms with E-state index in [2.05, 4.69) is 15.2 Å². The molecule has 0 amide bonds. The number of nitrogens with one attached hydrogen (secondary N) is 1. The van der Waals surface area contributed by atoms with Crippen LogP contribution in [0.3, 0.4) is 0 Å². The van der Waals surface area contributed by atoms with Gasteiger partial charge in [0, 0.05) is 49.6 Å². The summed E-state index contributed by atoms with van der Waals surface area (Å²) >= 11 is 0. The molecule has 0 bridgehead atoms. The average Bonchev–Trinajstić information content (AvgIpc) is 2.86. The van der Waals surface area contributed by atoms with Crippen molar-refractivity contribution < 1.29 is 5.11 Å². The number of nitrogens with zero attached hydrogens (tertiary/aromatic N) is 4. The van der Waals surface area contributed by atoms with Gasteiger partial charge in [0.2, 0.25) is 0 Å². The summed E-state index contributed by atoms with van der Waals surface area (Å²) in [5.41, 5.74) is 2.63. The summed E-state index contributed by atoms with van der Waals surface area (Å²) < 4.78 is 0. The zero-order valence-electron chi connectivity index (χ0n) is 14.7. The molecular formula is C19H25N5O. The molecule has 2 aliphatic heterocycles. The van der Waals surface area contributed by atoms with Gasteiger partial charge in [0.05, 0.1) is 11.3 Å². The summed E-state index contributed by atoms with van der Waals surface area (Å²) in [4.78, 5) is 16.2. The molecule has 0 aliphatic carbocycles. The zero-order chi connectivity index (χ0) is 17.3. The van der Waals surface area contributed by atoms with E-state index in [0.717, 1.165) is 68.2 Å². The maximum absolute atomic E-state index is 10.5. The Morgan fingerprint density at radius 1 is 1.24 bits per heavy atom. The molecule has 1 atom stereocenters. The van der Waals surface area contributed by atoms with Crippen molar-refractivity contribution >= 4 is 5.82 Å². The van der Waals surface area contributed by atoms with Crippen LogP contribution in [0.4, 0.5) is 5.82 Å². The summed E-state index contributed by atoms with van der Waals surface area (Å²) in [7, 11) is 0. The number of aliphatic hydroxyl groups is 1. The Kier molecular flexibility index (Phi) is 4.39. The summed E-state index contributed by atoms with van der Waals surface area (Å²) in [6.45, 7) is 5.35. The number of hydrogen-bond donors (Lipinski definition) is 2. The molecule has 132 valence electrons. The van der Waals surface area contributed by atoms with E-state index < -0.39 is 5.60 Å². The summed E-state index contributed by atoms with van der Waals surface area (Å²) in [6, 6.07) is 3.91. The van der Waals surface area contributed by atoms with Crippen LogP contribution in [0.5, 0.6) is 0 Å². The number of β-amino-alcohol motifs (C(OH)–C–C–N with tert-alkyl or cyclic N) is 1. The first-order chi connectivity index (χ1) is 12.1. The van der Waals surface area contributed by atoms with E-state index in [4.69, 9.17) is 9.97 Å². The number of anilines is 1. The monoisotopic (exact) mass is 339 g/mol. The van der Waals surface area contributed by atoms with Gasteiger partial charge in [0.25, 0.3) is 0 Å². The van der Waals surface area contributed by atoms with E-state index in [1.165, 1.54) is 5.56 Å². The zero-order valence-corrected chi connectivity index (χ0v) is 14.7. The lowest BCUT2D eigenvalue weighted by Gasteiger charge is -2.38. The van der Waals surface area contributed by atoms with E-state index in [1.54, 1.807) is 6.20 Å². The van der Waals surface area contributed by atoms with E-state index in [1.807, 2.05) is 25.3 Å². The first-order valence-electron chi connectivity index (χ1n) is 9.11. The first kappa shape index (κ1) is 16.4. The molecule has 2 aromatic rings. The predicted octanol–water partition coefficient (Wildman–Crippen LogP) is 1.58. The van der Waals surface area contributed by atoms with Crippen LogP contribution in [0.25, 0.3) is 11.4 Å². The van der Waals surface area contributed by atoms with Gasteiger partial charge in [0.15, 0.2) is 5.82 Å². The Bertz CT molecular complexity index is 747. The number of hydrogen-bond acceptors (Lipinski definition) is 6. The van der Waals surface area contributed by atoms with Gasteiger partial charge < -0.3 is 15.3 Å². The van der Waals surface area contributed by atoms with Crippen molar-refractivity contribution in [1.82, 2.24) is 20.3 Å². The Morgan fingerprint density at radius 2 is 2.12 bits per heavy atom. The van der Waals surface area contributed by atoms with Crippen LogP contribution in [0, 0.1) is 0 Å². The molecule has 2 N–H and O–H groups in total. The lowest BCUT2D eigenvalue weighted by atomic mass is 9.94. The second-order valence-corrected chi connectivity index (χ2v) is 7.31. The number of fused-ring (bicyclic) bond motifs is 1. The highest BCUT2D eigenvalue weighted by Gasteiger charge is 2.31. The lowest BCUT2D eigenvalue weighted by molar-refractivity contribution is 0.0446. The van der Waals surface area contributed by atoms with Gasteiger partial charge in [-0.15, -0.1) is 0 Å². The van der Waals surface area contributed by atoms with Gasteiger partial charge in [-0.1, -0.05) is 0 Å². The molecule has 4 heterocycles. The minimum Gasteiger partial charge on any atom is -0.388 e. The van der Waals surface area contributed by atoms with Crippen LogP contribution < -0.4 is 10.2 Å². The van der Waals surface area contributed by atoms with Gasteiger partial charge in [-0.3, -0.25) is 4.98 Å². The molecular weight excluding hydrogens is 314 g/mol. The fourth-order valence-corrected chi connectivity index (χ4v) is 3.81. The Hall–Kier alpha value is -2.05. The molecule has 6 nitrogen and oxygen atoms in total. The second-order valence-electron chi connectivity index (χ2n) is 7.31. The number of aromatic nitrogens is 3. The van der Waals surface area contributed by atoms with Crippen molar-refractivity contribution in [3.63, 3.8) is 0 Å². The van der Waals surface area contributed by atoms with Crippen molar-refractivity contribution in [2.45, 2.75) is 38.2 Å². The quantitative estimate of drug-likeness (QED) is 0.865. The standard InChI is InChI=1S/C19H25N5O/c1-19(25)7-3-11-24(13-19)18-15-5-9-20-10-6-16(15)22-17(23-18)14-4-2-8-21-12-14/h2,4,8,12,20,25H,3,5-7,9-11,13H2,1H3. The Morgan fingerprint density at radius 3 is 2.92 bits per heavy atom. The lowest BCUT2D eigenvalue weighted by Crippen LogP contribution is -2.47. The van der Waals surface area contributed by atoms with Crippen LogP contribution in [0.15, 0.2) is 24.5 Å². The molecule has 1 fully saturated rings. The number of rotatable bonds is 2. The Balaban J connectivity index is 1.80. The van der Waals surface area contributed by atoms with Gasteiger partial charge in [0.1, 0.15) is 5.82 Å². The fraction of sp³-hybridized carbons (Fsp3) is 0.526. The third kappa shape index (κ3) is 3.50. The fourth-order valence-electron chi connectivity index (χ4n) is 3.81. The minimum atomic E-state index is -0.659. The maximum Gasteiger partial charge on any atom is 0.163 e. The van der Waals surface area contributed by atoms with Crippen molar-refractivity contribution in [1.29, 1.82) is 0 Å². The molecule has 4 rings (SSSR count). The molecule has 2 aromatic heterocycles. The highest BCUT2D eigenvalue weighted by molar-refractivity contribution is 5.60. The summed E-state index contributed by atoms with van der Waals surface area (Å²) in [5.74, 6) is 1.72. The van der Waals surface area contributed by atoms with Crippen LogP contribution >= 0.6 is 0 Å². The molecule has 6 heteroatoms. The van der Waals surface area contributed by atoms with Crippen molar-refractivity contribution in [2.75, 3.05) is 31.1 Å². The van der Waals surface area contributed by atoms with Gasteiger partial charge in [-0.2, -0.15) is 0 Å². The predicted molar refractivity (Wildman–Crippen MR) is 97.6 cm³/mol. The van der Waals surface area contributed by atoms with Crippen molar-refractivity contribution in [2.24, 2.45) is 0 Å². The summed E-state index contributed by atoms with van der Waals surface area (Å²) in [6.07, 6.45) is 7.23. The minimum absolute atomic E-state index is 0.621. The van der Waals surface area contributed by atoms with Crippen LogP contribution in [0.2, 0.25) is 0 Å². The largest absolute Gasteiger partial charge is 0.388 e. The maximum atomic E-state index is 10.5. The highest BCUT2D eigenvalue weighted by atomic mass is 16.3. The highest BCUT2D eigenvalue weighted by Crippen LogP contribution is 2.31. The second kappa shape index (κ2) is 6.69. The SMILES string of the molecule is CC1(O)CCCN(c2nc(-c3cccnc3)nc3c2CCNCC3)C1. The van der Waals surface area contributed by atoms with E-state index in [9.17, 15) is 5.11 Å². The van der Waals surface area contributed by atoms with Gasteiger partial charge in [-0.05, 0) is 44.9 Å². The summed E-state index contributed by atoms with van der Waals surface area (Å²) in [5, 5.41) is 14.0.